The maximum Gasteiger partial charge on any atom is 0.228 e. The Morgan fingerprint density at radius 1 is 1.14 bits per heavy atom. The molecule has 0 radical (unpaired) electrons. The van der Waals surface area contributed by atoms with E-state index in [1.165, 1.54) is 0 Å². The quantitative estimate of drug-likeness (QED) is 0.801. The first-order valence-corrected chi connectivity index (χ1v) is 10.9. The van der Waals surface area contributed by atoms with E-state index in [-0.39, 0.29) is 36.2 Å². The number of nitrogens with one attached hydrogen (secondary N) is 1. The summed E-state index contributed by atoms with van der Waals surface area (Å²) in [6, 6.07) is 11.9. The number of thiophene rings is 1. The van der Waals surface area contributed by atoms with Gasteiger partial charge in [0.2, 0.25) is 11.8 Å². The number of anilines is 1. The van der Waals surface area contributed by atoms with E-state index < -0.39 is 0 Å². The van der Waals surface area contributed by atoms with Crippen molar-refractivity contribution in [2.24, 2.45) is 5.92 Å². The summed E-state index contributed by atoms with van der Waals surface area (Å²) in [6.07, 6.45) is 2.01. The molecule has 0 saturated carbocycles. The molecular weight excluding hydrogens is 406 g/mol. The highest BCUT2D eigenvalue weighted by Gasteiger charge is 2.43. The van der Waals surface area contributed by atoms with Crippen molar-refractivity contribution in [2.45, 2.75) is 32.2 Å². The standard InChI is InChI=1S/C22H27N3O2S.ClH/c1-16-5-7-17(8-6-16)25-20(26)10-9-18(21(25)19-4-2-15-28-19)22(27)24-13-3-11-23-12-14-24;/h2,4-8,15,18,21,23H,3,9-14H2,1H3;1H. The molecule has 0 bridgehead atoms. The molecular formula is C22H28ClN3O2S. The molecule has 0 spiro atoms. The highest BCUT2D eigenvalue weighted by molar-refractivity contribution is 7.10. The third-order valence-electron chi connectivity index (χ3n) is 5.71. The van der Waals surface area contributed by atoms with Gasteiger partial charge in [0.1, 0.15) is 0 Å². The Kier molecular flexibility index (Phi) is 7.33. The number of amides is 2. The summed E-state index contributed by atoms with van der Waals surface area (Å²) in [5.41, 5.74) is 2.04. The molecule has 1 N–H and O–H groups in total. The summed E-state index contributed by atoms with van der Waals surface area (Å²) >= 11 is 1.63. The van der Waals surface area contributed by atoms with Crippen molar-refractivity contribution >= 4 is 41.2 Å². The van der Waals surface area contributed by atoms with Gasteiger partial charge in [-0.1, -0.05) is 23.8 Å². The van der Waals surface area contributed by atoms with Gasteiger partial charge in [0.25, 0.3) is 0 Å². The molecule has 2 amide bonds. The minimum absolute atomic E-state index is 0. The molecule has 2 aliphatic rings. The second-order valence-electron chi connectivity index (χ2n) is 7.63. The highest BCUT2D eigenvalue weighted by atomic mass is 35.5. The van der Waals surface area contributed by atoms with Crippen LogP contribution in [0.3, 0.4) is 0 Å². The monoisotopic (exact) mass is 433 g/mol. The first kappa shape index (κ1) is 21.8. The molecule has 1 aromatic carbocycles. The molecule has 2 aromatic rings. The molecule has 2 atom stereocenters. The van der Waals surface area contributed by atoms with E-state index in [0.29, 0.717) is 12.8 Å². The van der Waals surface area contributed by atoms with Gasteiger partial charge >= 0.3 is 0 Å². The first-order valence-electron chi connectivity index (χ1n) is 10.1. The summed E-state index contributed by atoms with van der Waals surface area (Å²) < 4.78 is 0. The lowest BCUT2D eigenvalue weighted by Crippen LogP contribution is -2.49. The van der Waals surface area contributed by atoms with Crippen LogP contribution in [-0.2, 0) is 9.59 Å². The minimum atomic E-state index is -0.229. The van der Waals surface area contributed by atoms with Crippen LogP contribution in [-0.4, -0.2) is 42.9 Å². The molecule has 4 rings (SSSR count). The Hall–Kier alpha value is -1.89. The van der Waals surface area contributed by atoms with E-state index in [4.69, 9.17) is 0 Å². The Balaban J connectivity index is 0.00000240. The summed E-state index contributed by atoms with van der Waals surface area (Å²) in [4.78, 5) is 31.4. The van der Waals surface area contributed by atoms with Gasteiger partial charge < -0.3 is 15.1 Å². The summed E-state index contributed by atoms with van der Waals surface area (Å²) in [7, 11) is 0. The van der Waals surface area contributed by atoms with Gasteiger partial charge in [0.05, 0.1) is 12.0 Å². The second kappa shape index (κ2) is 9.74. The zero-order chi connectivity index (χ0) is 19.5. The summed E-state index contributed by atoms with van der Waals surface area (Å²) in [5, 5.41) is 5.39. The number of hydrogen-bond donors (Lipinski definition) is 1. The third-order valence-corrected chi connectivity index (χ3v) is 6.66. The van der Waals surface area contributed by atoms with Crippen molar-refractivity contribution in [1.29, 1.82) is 0 Å². The van der Waals surface area contributed by atoms with Crippen molar-refractivity contribution in [3.8, 4) is 0 Å². The number of carbonyl (C=O) groups is 2. The topological polar surface area (TPSA) is 52.7 Å². The number of nitrogens with zero attached hydrogens (tertiary/aromatic N) is 2. The van der Waals surface area contributed by atoms with E-state index in [1.54, 1.807) is 11.3 Å². The molecule has 3 heterocycles. The molecule has 2 aliphatic heterocycles. The molecule has 1 aromatic heterocycles. The van der Waals surface area contributed by atoms with Gasteiger partial charge in [-0.05, 0) is 49.9 Å². The SMILES string of the molecule is Cc1ccc(N2C(=O)CCC(C(=O)N3CCCNCC3)C2c2cccs2)cc1.Cl. The van der Waals surface area contributed by atoms with Crippen LogP contribution in [0.2, 0.25) is 0 Å². The fourth-order valence-corrected chi connectivity index (χ4v) is 5.13. The van der Waals surface area contributed by atoms with Crippen LogP contribution in [0, 0.1) is 12.8 Å². The van der Waals surface area contributed by atoms with Crippen molar-refractivity contribution < 1.29 is 9.59 Å². The number of aryl methyl sites for hydroxylation is 1. The van der Waals surface area contributed by atoms with Gasteiger partial charge in [-0.15, -0.1) is 23.7 Å². The van der Waals surface area contributed by atoms with Crippen LogP contribution in [0.1, 0.15) is 35.7 Å². The predicted molar refractivity (Wildman–Crippen MR) is 120 cm³/mol. The number of benzene rings is 1. The fraction of sp³-hybridized carbons (Fsp3) is 0.455. The molecule has 0 aliphatic carbocycles. The Morgan fingerprint density at radius 2 is 1.93 bits per heavy atom. The summed E-state index contributed by atoms with van der Waals surface area (Å²) in [5.74, 6) is 0.0892. The van der Waals surface area contributed by atoms with Crippen molar-refractivity contribution in [2.75, 3.05) is 31.1 Å². The largest absolute Gasteiger partial charge is 0.341 e. The first-order chi connectivity index (χ1) is 13.6. The fourth-order valence-electron chi connectivity index (χ4n) is 4.25. The lowest BCUT2D eigenvalue weighted by atomic mass is 9.85. The van der Waals surface area contributed by atoms with E-state index in [9.17, 15) is 9.59 Å². The van der Waals surface area contributed by atoms with Gasteiger partial charge in [0, 0.05) is 36.6 Å². The lowest BCUT2D eigenvalue weighted by molar-refractivity contribution is -0.138. The molecule has 156 valence electrons. The van der Waals surface area contributed by atoms with Gasteiger partial charge in [-0.25, -0.2) is 0 Å². The van der Waals surface area contributed by atoms with Gasteiger partial charge in [0.15, 0.2) is 0 Å². The smallest absolute Gasteiger partial charge is 0.228 e. The molecule has 7 heteroatoms. The van der Waals surface area contributed by atoms with Crippen LogP contribution >= 0.6 is 23.7 Å². The molecule has 29 heavy (non-hydrogen) atoms. The maximum atomic E-state index is 13.5. The van der Waals surface area contributed by atoms with Crippen LogP contribution in [0.15, 0.2) is 41.8 Å². The molecule has 2 fully saturated rings. The lowest BCUT2D eigenvalue weighted by Gasteiger charge is -2.41. The minimum Gasteiger partial charge on any atom is -0.341 e. The third kappa shape index (κ3) is 4.65. The van der Waals surface area contributed by atoms with Crippen molar-refractivity contribution in [3.63, 3.8) is 0 Å². The average molecular weight is 434 g/mol. The van der Waals surface area contributed by atoms with Crippen LogP contribution < -0.4 is 10.2 Å². The number of rotatable bonds is 3. The number of halogens is 1. The average Bonchev–Trinajstić information content (AvgIpc) is 3.10. The van der Waals surface area contributed by atoms with Crippen LogP contribution in [0.5, 0.6) is 0 Å². The van der Waals surface area contributed by atoms with E-state index in [1.807, 2.05) is 52.4 Å². The van der Waals surface area contributed by atoms with Crippen molar-refractivity contribution in [3.05, 3.63) is 52.2 Å². The zero-order valence-electron chi connectivity index (χ0n) is 16.7. The highest BCUT2D eigenvalue weighted by Crippen LogP contribution is 2.42. The number of carbonyl (C=O) groups excluding carboxylic acids is 2. The van der Waals surface area contributed by atoms with Gasteiger partial charge in [-0.2, -0.15) is 0 Å². The number of hydrogen-bond acceptors (Lipinski definition) is 4. The van der Waals surface area contributed by atoms with E-state index in [0.717, 1.165) is 48.7 Å². The normalized spacial score (nSPS) is 22.7. The van der Waals surface area contributed by atoms with Crippen molar-refractivity contribution in [1.82, 2.24) is 10.2 Å². The predicted octanol–water partition coefficient (Wildman–Crippen LogP) is 3.78. The molecule has 5 nitrogen and oxygen atoms in total. The van der Waals surface area contributed by atoms with Crippen LogP contribution in [0.4, 0.5) is 5.69 Å². The van der Waals surface area contributed by atoms with E-state index >= 15 is 0 Å². The Morgan fingerprint density at radius 3 is 2.66 bits per heavy atom. The Bertz CT molecular complexity index is 817. The molecule has 2 unspecified atom stereocenters. The summed E-state index contributed by atoms with van der Waals surface area (Å²) in [6.45, 7) is 5.36. The number of piperidine rings is 1. The maximum absolute atomic E-state index is 13.5. The zero-order valence-corrected chi connectivity index (χ0v) is 18.3. The van der Waals surface area contributed by atoms with Gasteiger partial charge in [-0.3, -0.25) is 9.59 Å². The second-order valence-corrected chi connectivity index (χ2v) is 8.61. The van der Waals surface area contributed by atoms with E-state index in [2.05, 4.69) is 11.4 Å². The molecule has 2 saturated heterocycles. The van der Waals surface area contributed by atoms with Crippen LogP contribution in [0.25, 0.3) is 0 Å². The Labute approximate surface area is 182 Å².